The molecule has 0 aliphatic rings. The van der Waals surface area contributed by atoms with Gasteiger partial charge in [0.15, 0.2) is 12.6 Å². The van der Waals surface area contributed by atoms with Crippen molar-refractivity contribution in [1.82, 2.24) is 0 Å². The largest absolute Gasteiger partial charge is 0.298 e. The fourth-order valence-corrected chi connectivity index (χ4v) is 3.07. The van der Waals surface area contributed by atoms with E-state index in [-0.39, 0.29) is 0 Å². The summed E-state index contributed by atoms with van der Waals surface area (Å²) in [6.07, 6.45) is 8.43. The lowest BCUT2D eigenvalue weighted by Gasteiger charge is -2.02. The van der Waals surface area contributed by atoms with Gasteiger partial charge in [-0.2, -0.15) is 0 Å². The first-order valence-electron chi connectivity index (χ1n) is 5.15. The molecule has 1 rings (SSSR count). The minimum absolute atomic E-state index is 0.582. The number of rotatable bonds is 7. The molecule has 0 heterocycles. The summed E-state index contributed by atoms with van der Waals surface area (Å²) in [5.41, 5.74) is 0.627. The molecule has 1 aromatic rings. The van der Waals surface area contributed by atoms with Gasteiger partial charge in [0.05, 0.1) is 4.91 Å². The summed E-state index contributed by atoms with van der Waals surface area (Å²) in [6.45, 7) is 3.54. The zero-order chi connectivity index (χ0) is 13.2. The van der Waals surface area contributed by atoms with Crippen LogP contribution in [0.4, 0.5) is 0 Å². The lowest BCUT2D eigenvalue weighted by Crippen LogP contribution is -1.82. The highest BCUT2D eigenvalue weighted by atomic mass is 33.1. The highest BCUT2D eigenvalue weighted by Gasteiger charge is 2.03. The molecule has 0 fully saturated rings. The van der Waals surface area contributed by atoms with Crippen LogP contribution in [0.2, 0.25) is 0 Å². The Hall–Kier alpha value is -1.52. The Morgan fingerprint density at radius 3 is 2.61 bits per heavy atom. The first-order valence-corrected chi connectivity index (χ1v) is 7.30. The second-order valence-electron chi connectivity index (χ2n) is 3.13. The summed E-state index contributed by atoms with van der Waals surface area (Å²) in [6, 6.07) is 7.26. The van der Waals surface area contributed by atoms with Gasteiger partial charge in [-0.15, -0.1) is 0 Å². The van der Waals surface area contributed by atoms with E-state index in [9.17, 15) is 9.59 Å². The molecule has 0 saturated carbocycles. The van der Waals surface area contributed by atoms with E-state index in [1.165, 1.54) is 21.6 Å². The van der Waals surface area contributed by atoms with Crippen LogP contribution < -0.4 is 0 Å². The van der Waals surface area contributed by atoms with Crippen LogP contribution in [0.25, 0.3) is 0 Å². The maximum atomic E-state index is 10.8. The number of hydrogen-bond acceptors (Lipinski definition) is 4. The van der Waals surface area contributed by atoms with Crippen LogP contribution in [0.3, 0.4) is 0 Å². The third-order valence-electron chi connectivity index (χ3n) is 1.90. The normalized spacial score (nSPS) is 11.4. The maximum Gasteiger partial charge on any atom is 0.157 e. The van der Waals surface area contributed by atoms with Gasteiger partial charge in [0.2, 0.25) is 0 Å². The maximum absolute atomic E-state index is 10.8. The molecule has 0 unspecified atom stereocenters. The van der Waals surface area contributed by atoms with Crippen LogP contribution >= 0.6 is 21.6 Å². The Labute approximate surface area is 114 Å². The van der Waals surface area contributed by atoms with Crippen molar-refractivity contribution in [3.63, 3.8) is 0 Å². The summed E-state index contributed by atoms with van der Waals surface area (Å²) >= 11 is 0. The van der Waals surface area contributed by atoms with Gasteiger partial charge in [0.1, 0.15) is 0 Å². The van der Waals surface area contributed by atoms with Gasteiger partial charge in [0.25, 0.3) is 0 Å². The summed E-state index contributed by atoms with van der Waals surface area (Å²) in [5.74, 6) is 0. The van der Waals surface area contributed by atoms with Crippen molar-refractivity contribution in [2.75, 3.05) is 0 Å². The fourth-order valence-electron chi connectivity index (χ4n) is 1.06. The molecule has 0 N–H and O–H groups in total. The second kappa shape index (κ2) is 8.55. The van der Waals surface area contributed by atoms with Crippen LogP contribution in [-0.2, 0) is 4.79 Å². The molecule has 92 valence electrons. The predicted octanol–water partition coefficient (Wildman–Crippen LogP) is 4.06. The summed E-state index contributed by atoms with van der Waals surface area (Å²) in [7, 11) is 2.71. The average molecular weight is 276 g/mol. The molecule has 18 heavy (non-hydrogen) atoms. The fraction of sp³-hybridized carbons (Fsp3) is 0. The molecule has 0 aromatic heterocycles. The molecule has 1 aromatic carbocycles. The third kappa shape index (κ3) is 4.77. The van der Waals surface area contributed by atoms with Gasteiger partial charge < -0.3 is 0 Å². The number of hydrogen-bond donors (Lipinski definition) is 0. The monoisotopic (exact) mass is 276 g/mol. The molecule has 0 radical (unpaired) electrons. The predicted molar refractivity (Wildman–Crippen MR) is 78.8 cm³/mol. The van der Waals surface area contributed by atoms with Gasteiger partial charge in [-0.05, 0) is 22.9 Å². The van der Waals surface area contributed by atoms with Crippen molar-refractivity contribution in [3.05, 3.63) is 65.6 Å². The number of carbonyl (C=O) groups is 2. The minimum atomic E-state index is 0.582. The smallest absolute Gasteiger partial charge is 0.157 e. The van der Waals surface area contributed by atoms with E-state index in [4.69, 9.17) is 0 Å². The van der Waals surface area contributed by atoms with E-state index >= 15 is 0 Å². The molecule has 0 bridgehead atoms. The number of aldehydes is 2. The van der Waals surface area contributed by atoms with Gasteiger partial charge >= 0.3 is 0 Å². The van der Waals surface area contributed by atoms with Gasteiger partial charge in [-0.25, -0.2) is 0 Å². The molecule has 0 saturated heterocycles. The number of benzene rings is 1. The van der Waals surface area contributed by atoms with E-state index in [0.717, 1.165) is 17.5 Å². The molecule has 0 atom stereocenters. The standard InChI is InChI=1S/C14H12O2S2/c1-2-3-4-8-13(11-16)17-18-14-9-6-5-7-12(14)10-15/h2-11H,1H2/b4-3-,13-8+. The molecule has 2 nitrogen and oxygen atoms in total. The van der Waals surface area contributed by atoms with Crippen LogP contribution in [0.1, 0.15) is 10.4 Å². The third-order valence-corrected chi connectivity index (χ3v) is 4.32. The van der Waals surface area contributed by atoms with Crippen LogP contribution in [0, 0.1) is 0 Å². The number of allylic oxidation sites excluding steroid dienone is 5. The van der Waals surface area contributed by atoms with Crippen molar-refractivity contribution >= 4 is 34.2 Å². The Kier molecular flexibility index (Phi) is 6.91. The Balaban J connectivity index is 2.70. The molecule has 0 aliphatic carbocycles. The molecular formula is C14H12O2S2. The second-order valence-corrected chi connectivity index (χ2v) is 5.37. The van der Waals surface area contributed by atoms with E-state index in [2.05, 4.69) is 6.58 Å². The lowest BCUT2D eigenvalue weighted by molar-refractivity contribution is -0.104. The van der Waals surface area contributed by atoms with E-state index < -0.39 is 0 Å². The van der Waals surface area contributed by atoms with Crippen molar-refractivity contribution in [2.24, 2.45) is 0 Å². The SMILES string of the molecule is C=C/C=C\C=C(/C=O)SSc1ccccc1C=O. The van der Waals surface area contributed by atoms with Crippen molar-refractivity contribution < 1.29 is 9.59 Å². The average Bonchev–Trinajstić information content (AvgIpc) is 2.43. The lowest BCUT2D eigenvalue weighted by atomic mass is 10.2. The summed E-state index contributed by atoms with van der Waals surface area (Å²) in [5, 5.41) is 0. The summed E-state index contributed by atoms with van der Waals surface area (Å²) in [4.78, 5) is 23.1. The van der Waals surface area contributed by atoms with Gasteiger partial charge in [-0.3, -0.25) is 9.59 Å². The Morgan fingerprint density at radius 2 is 1.94 bits per heavy atom. The molecule has 0 aliphatic heterocycles. The number of carbonyl (C=O) groups excluding carboxylic acids is 2. The van der Waals surface area contributed by atoms with Crippen molar-refractivity contribution in [2.45, 2.75) is 4.90 Å². The molecular weight excluding hydrogens is 264 g/mol. The first kappa shape index (κ1) is 14.5. The quantitative estimate of drug-likeness (QED) is 0.325. The summed E-state index contributed by atoms with van der Waals surface area (Å²) < 4.78 is 0. The molecule has 4 heteroatoms. The zero-order valence-electron chi connectivity index (χ0n) is 9.61. The van der Waals surface area contributed by atoms with E-state index in [1.807, 2.05) is 18.2 Å². The minimum Gasteiger partial charge on any atom is -0.298 e. The highest BCUT2D eigenvalue weighted by molar-refractivity contribution is 8.78. The van der Waals surface area contributed by atoms with E-state index in [0.29, 0.717) is 10.5 Å². The highest BCUT2D eigenvalue weighted by Crippen LogP contribution is 2.37. The van der Waals surface area contributed by atoms with Crippen LogP contribution in [-0.4, -0.2) is 12.6 Å². The van der Waals surface area contributed by atoms with Crippen molar-refractivity contribution in [3.8, 4) is 0 Å². The first-order chi connectivity index (χ1) is 8.81. The molecule has 0 amide bonds. The van der Waals surface area contributed by atoms with Crippen LogP contribution in [0.15, 0.2) is 64.9 Å². The van der Waals surface area contributed by atoms with Gasteiger partial charge in [0, 0.05) is 10.5 Å². The Morgan fingerprint density at radius 1 is 1.17 bits per heavy atom. The van der Waals surface area contributed by atoms with E-state index in [1.54, 1.807) is 30.4 Å². The molecule has 0 spiro atoms. The zero-order valence-corrected chi connectivity index (χ0v) is 11.2. The van der Waals surface area contributed by atoms with Crippen molar-refractivity contribution in [1.29, 1.82) is 0 Å². The topological polar surface area (TPSA) is 34.1 Å². The van der Waals surface area contributed by atoms with Gasteiger partial charge in [-0.1, -0.05) is 53.8 Å². The Bertz CT molecular complexity index is 490. The van der Waals surface area contributed by atoms with Crippen LogP contribution in [0.5, 0.6) is 0 Å².